The molecule has 0 unspecified atom stereocenters. The molecule has 0 spiro atoms. The van der Waals surface area contributed by atoms with E-state index >= 15 is 0 Å². The Morgan fingerprint density at radius 2 is 1.71 bits per heavy atom. The van der Waals surface area contributed by atoms with E-state index in [1.165, 1.54) is 24.4 Å². The van der Waals surface area contributed by atoms with E-state index in [4.69, 9.17) is 0 Å². The van der Waals surface area contributed by atoms with Crippen LogP contribution in [0.25, 0.3) is 22.4 Å². The van der Waals surface area contributed by atoms with Gasteiger partial charge in [0.2, 0.25) is 5.95 Å². The fraction of sp³-hybridized carbons (Fsp3) is 0.222. The number of pyridine rings is 1. The second-order valence-corrected chi connectivity index (χ2v) is 5.21. The van der Waals surface area contributed by atoms with Gasteiger partial charge in [0.25, 0.3) is 0 Å². The average molecular weight is 330 g/mol. The van der Waals surface area contributed by atoms with E-state index in [-0.39, 0.29) is 12.0 Å². The van der Waals surface area contributed by atoms with E-state index in [0.717, 1.165) is 34.5 Å². The minimum atomic E-state index is -0.529. The molecule has 0 saturated carbocycles. The maximum atomic E-state index is 13.6. The van der Waals surface area contributed by atoms with Crippen LogP contribution < -0.4 is 6.15 Å². The predicted octanol–water partition coefficient (Wildman–Crippen LogP) is 4.63. The smallest absolute Gasteiger partial charge is 0.213 e. The molecule has 4 nitrogen and oxygen atoms in total. The summed E-state index contributed by atoms with van der Waals surface area (Å²) in [5.74, 6) is -0.824. The molecule has 0 fully saturated rings. The van der Waals surface area contributed by atoms with E-state index in [2.05, 4.69) is 10.1 Å². The fourth-order valence-corrected chi connectivity index (χ4v) is 2.79. The molecule has 0 radical (unpaired) electrons. The lowest BCUT2D eigenvalue weighted by Gasteiger charge is -2.07. The quantitative estimate of drug-likeness (QED) is 0.709. The first-order valence-corrected chi connectivity index (χ1v) is 7.61. The van der Waals surface area contributed by atoms with Crippen molar-refractivity contribution in [3.8, 4) is 22.4 Å². The molecule has 0 atom stereocenters. The van der Waals surface area contributed by atoms with Crippen LogP contribution in [0.2, 0.25) is 0 Å². The second-order valence-electron chi connectivity index (χ2n) is 5.21. The summed E-state index contributed by atoms with van der Waals surface area (Å²) in [5, 5.41) is 4.66. The summed E-state index contributed by atoms with van der Waals surface area (Å²) in [4.78, 5) is 3.62. The van der Waals surface area contributed by atoms with Crippen molar-refractivity contribution in [2.24, 2.45) is 0 Å². The number of aromatic nitrogens is 3. The molecule has 3 N–H and O–H groups in total. The van der Waals surface area contributed by atoms with Crippen LogP contribution in [-0.4, -0.2) is 14.8 Å². The van der Waals surface area contributed by atoms with E-state index in [1.54, 1.807) is 18.2 Å². The number of halogens is 2. The standard InChI is InChI=1S/C18H17F2N3.H3N/c1-3-15-17(13-9-10-21-16(20)11-13)18(22-23(15)4-2)12-5-7-14(19)8-6-12;/h5-11H,3-4H2,1-2H3;1H3. The lowest BCUT2D eigenvalue weighted by Crippen LogP contribution is -2.02. The van der Waals surface area contributed by atoms with Gasteiger partial charge in [-0.1, -0.05) is 6.92 Å². The first kappa shape index (κ1) is 17.7. The molecule has 2 aromatic heterocycles. The third-order valence-corrected chi connectivity index (χ3v) is 3.82. The number of rotatable bonds is 4. The predicted molar refractivity (Wildman–Crippen MR) is 90.9 cm³/mol. The largest absolute Gasteiger partial charge is 0.344 e. The number of benzene rings is 1. The van der Waals surface area contributed by atoms with Crippen molar-refractivity contribution >= 4 is 0 Å². The molecule has 0 aliphatic heterocycles. The Morgan fingerprint density at radius 1 is 1.00 bits per heavy atom. The van der Waals surface area contributed by atoms with Crippen molar-refractivity contribution < 1.29 is 8.78 Å². The maximum Gasteiger partial charge on any atom is 0.213 e. The highest BCUT2D eigenvalue weighted by molar-refractivity contribution is 5.82. The molecule has 126 valence electrons. The average Bonchev–Trinajstić information content (AvgIpc) is 2.94. The minimum absolute atomic E-state index is 0. The van der Waals surface area contributed by atoms with Gasteiger partial charge in [-0.05, 0) is 49.2 Å². The molecule has 0 saturated heterocycles. The Labute approximate surface area is 139 Å². The highest BCUT2D eigenvalue weighted by atomic mass is 19.1. The molecule has 0 aliphatic rings. The van der Waals surface area contributed by atoms with Gasteiger partial charge < -0.3 is 6.15 Å². The molecule has 0 amide bonds. The molecule has 0 bridgehead atoms. The first-order chi connectivity index (χ1) is 11.1. The van der Waals surface area contributed by atoms with E-state index in [1.807, 2.05) is 18.5 Å². The van der Waals surface area contributed by atoms with Gasteiger partial charge in [-0.2, -0.15) is 9.49 Å². The molecule has 3 aromatic rings. The van der Waals surface area contributed by atoms with Gasteiger partial charge in [0.1, 0.15) is 11.5 Å². The molecule has 6 heteroatoms. The zero-order chi connectivity index (χ0) is 16.4. The van der Waals surface area contributed by atoms with Gasteiger partial charge in [-0.25, -0.2) is 9.37 Å². The lowest BCUT2D eigenvalue weighted by molar-refractivity contribution is 0.584. The summed E-state index contributed by atoms with van der Waals surface area (Å²) in [5.41, 5.74) is 4.17. The summed E-state index contributed by atoms with van der Waals surface area (Å²) in [6, 6.07) is 9.37. The van der Waals surface area contributed by atoms with Crippen LogP contribution in [0.4, 0.5) is 8.78 Å². The van der Waals surface area contributed by atoms with Crippen LogP contribution in [0.1, 0.15) is 19.5 Å². The van der Waals surface area contributed by atoms with E-state index < -0.39 is 5.95 Å². The van der Waals surface area contributed by atoms with Crippen molar-refractivity contribution in [1.82, 2.24) is 20.9 Å². The van der Waals surface area contributed by atoms with Gasteiger partial charge in [-0.15, -0.1) is 0 Å². The Balaban J connectivity index is 0.00000208. The van der Waals surface area contributed by atoms with Crippen LogP contribution >= 0.6 is 0 Å². The summed E-state index contributed by atoms with van der Waals surface area (Å²) < 4.78 is 28.7. The third kappa shape index (κ3) is 3.19. The minimum Gasteiger partial charge on any atom is -0.344 e. The first-order valence-electron chi connectivity index (χ1n) is 7.61. The van der Waals surface area contributed by atoms with Gasteiger partial charge in [-0.3, -0.25) is 4.68 Å². The number of hydrogen-bond acceptors (Lipinski definition) is 3. The molecule has 1 aromatic carbocycles. The van der Waals surface area contributed by atoms with Gasteiger partial charge in [0, 0.05) is 35.6 Å². The highest BCUT2D eigenvalue weighted by Gasteiger charge is 2.19. The van der Waals surface area contributed by atoms with Gasteiger partial charge in [0.05, 0.1) is 0 Å². The number of hydrogen-bond donors (Lipinski definition) is 1. The Morgan fingerprint density at radius 3 is 2.29 bits per heavy atom. The zero-order valence-corrected chi connectivity index (χ0v) is 13.8. The topological polar surface area (TPSA) is 65.7 Å². The van der Waals surface area contributed by atoms with E-state index in [9.17, 15) is 8.78 Å². The zero-order valence-electron chi connectivity index (χ0n) is 13.8. The van der Waals surface area contributed by atoms with Crippen molar-refractivity contribution in [3.63, 3.8) is 0 Å². The SMILES string of the molecule is CCc1c(-c2ccnc(F)c2)c(-c2ccc(F)cc2)nn1CC.N. The number of aryl methyl sites for hydroxylation is 1. The molecule has 3 rings (SSSR count). The molecular weight excluding hydrogens is 310 g/mol. The van der Waals surface area contributed by atoms with Crippen LogP contribution in [0.5, 0.6) is 0 Å². The third-order valence-electron chi connectivity index (χ3n) is 3.82. The molecular formula is C18H20F2N4. The summed E-state index contributed by atoms with van der Waals surface area (Å²) >= 11 is 0. The van der Waals surface area contributed by atoms with Crippen molar-refractivity contribution in [2.75, 3.05) is 0 Å². The monoisotopic (exact) mass is 330 g/mol. The molecule has 2 heterocycles. The summed E-state index contributed by atoms with van der Waals surface area (Å²) in [6.07, 6.45) is 2.21. The van der Waals surface area contributed by atoms with Gasteiger partial charge in [0.15, 0.2) is 0 Å². The molecule has 24 heavy (non-hydrogen) atoms. The highest BCUT2D eigenvalue weighted by Crippen LogP contribution is 2.35. The van der Waals surface area contributed by atoms with Crippen molar-refractivity contribution in [1.29, 1.82) is 0 Å². The number of nitrogens with zero attached hydrogens (tertiary/aromatic N) is 3. The van der Waals surface area contributed by atoms with Crippen LogP contribution in [0.3, 0.4) is 0 Å². The van der Waals surface area contributed by atoms with Crippen molar-refractivity contribution in [2.45, 2.75) is 26.8 Å². The van der Waals surface area contributed by atoms with Crippen LogP contribution in [-0.2, 0) is 13.0 Å². The summed E-state index contributed by atoms with van der Waals surface area (Å²) in [6.45, 7) is 4.76. The Hall–Kier alpha value is -2.60. The van der Waals surface area contributed by atoms with Gasteiger partial charge >= 0.3 is 0 Å². The Kier molecular flexibility index (Phi) is 5.41. The van der Waals surface area contributed by atoms with Crippen LogP contribution in [0.15, 0.2) is 42.6 Å². The van der Waals surface area contributed by atoms with Crippen molar-refractivity contribution in [3.05, 3.63) is 60.1 Å². The normalized spacial score (nSPS) is 10.5. The maximum absolute atomic E-state index is 13.6. The summed E-state index contributed by atoms with van der Waals surface area (Å²) in [7, 11) is 0. The molecule has 0 aliphatic carbocycles. The van der Waals surface area contributed by atoms with Crippen LogP contribution in [0, 0.1) is 11.8 Å². The second kappa shape index (κ2) is 7.31. The lowest BCUT2D eigenvalue weighted by atomic mass is 9.98. The van der Waals surface area contributed by atoms with E-state index in [0.29, 0.717) is 6.54 Å². The Bertz CT molecular complexity index is 826. The fourth-order valence-electron chi connectivity index (χ4n) is 2.79.